The summed E-state index contributed by atoms with van der Waals surface area (Å²) in [6, 6.07) is 7.21. The SMILES string of the molecule is Cc1cscc1C(=O)N1C[C@@H](C(=O)O)c2ccccc21. The molecule has 102 valence electrons. The Labute approximate surface area is 120 Å². The average molecular weight is 287 g/mol. The van der Waals surface area contributed by atoms with E-state index in [1.54, 1.807) is 23.1 Å². The van der Waals surface area contributed by atoms with Crippen LogP contribution in [0.5, 0.6) is 0 Å². The molecule has 1 aliphatic heterocycles. The van der Waals surface area contributed by atoms with E-state index in [1.807, 2.05) is 23.8 Å². The van der Waals surface area contributed by atoms with E-state index in [0.29, 0.717) is 16.8 Å². The average Bonchev–Trinajstić information content (AvgIpc) is 3.01. The normalized spacial score (nSPS) is 17.1. The number of carbonyl (C=O) groups excluding carboxylic acids is 1. The predicted molar refractivity (Wildman–Crippen MR) is 77.6 cm³/mol. The van der Waals surface area contributed by atoms with E-state index in [4.69, 9.17) is 0 Å². The first-order chi connectivity index (χ1) is 9.59. The van der Waals surface area contributed by atoms with Crippen molar-refractivity contribution < 1.29 is 14.7 Å². The third-order valence-corrected chi connectivity index (χ3v) is 4.46. The van der Waals surface area contributed by atoms with Gasteiger partial charge >= 0.3 is 5.97 Å². The first-order valence-corrected chi connectivity index (χ1v) is 7.20. The third kappa shape index (κ3) is 1.91. The Kier molecular flexibility index (Phi) is 3.06. The number of amides is 1. The number of rotatable bonds is 2. The van der Waals surface area contributed by atoms with Gasteiger partial charge in [0.1, 0.15) is 5.92 Å². The van der Waals surface area contributed by atoms with Gasteiger partial charge in [0.2, 0.25) is 0 Å². The van der Waals surface area contributed by atoms with Crippen molar-refractivity contribution in [3.63, 3.8) is 0 Å². The highest BCUT2D eigenvalue weighted by atomic mass is 32.1. The Bertz CT molecular complexity index is 692. The Morgan fingerprint density at radius 1 is 1.30 bits per heavy atom. The number of hydrogen-bond acceptors (Lipinski definition) is 3. The van der Waals surface area contributed by atoms with Crippen molar-refractivity contribution in [3.8, 4) is 0 Å². The maximum Gasteiger partial charge on any atom is 0.312 e. The van der Waals surface area contributed by atoms with Crippen LogP contribution in [-0.4, -0.2) is 23.5 Å². The van der Waals surface area contributed by atoms with Crippen molar-refractivity contribution in [2.24, 2.45) is 0 Å². The summed E-state index contributed by atoms with van der Waals surface area (Å²) in [5.74, 6) is -1.66. The molecule has 5 heteroatoms. The lowest BCUT2D eigenvalue weighted by Gasteiger charge is -2.17. The first-order valence-electron chi connectivity index (χ1n) is 6.26. The fraction of sp³-hybridized carbons (Fsp3) is 0.200. The molecule has 1 aromatic carbocycles. The predicted octanol–water partition coefficient (Wildman–Crippen LogP) is 2.89. The van der Waals surface area contributed by atoms with Crippen LogP contribution in [0.2, 0.25) is 0 Å². The number of carboxylic acid groups (broad SMARTS) is 1. The van der Waals surface area contributed by atoms with Gasteiger partial charge in [-0.3, -0.25) is 9.59 Å². The minimum absolute atomic E-state index is 0.125. The Balaban J connectivity index is 2.03. The minimum Gasteiger partial charge on any atom is -0.481 e. The van der Waals surface area contributed by atoms with E-state index in [9.17, 15) is 14.7 Å². The molecular formula is C15H13NO3S. The van der Waals surface area contributed by atoms with Gasteiger partial charge in [-0.2, -0.15) is 11.3 Å². The number of aryl methyl sites for hydroxylation is 1. The second kappa shape index (κ2) is 4.76. The highest BCUT2D eigenvalue weighted by Crippen LogP contribution is 2.37. The molecule has 20 heavy (non-hydrogen) atoms. The first kappa shape index (κ1) is 12.9. The Hall–Kier alpha value is -2.14. The standard InChI is InChI=1S/C15H13NO3S/c1-9-7-20-8-12(9)14(17)16-6-11(15(18)19)10-4-2-3-5-13(10)16/h2-5,7-8,11H,6H2,1H3,(H,18,19)/t11-/m1/s1. The number of carboxylic acids is 1. The molecule has 0 saturated heterocycles. The van der Waals surface area contributed by atoms with Crippen molar-refractivity contribution in [1.82, 2.24) is 0 Å². The molecule has 0 aliphatic carbocycles. The molecule has 1 atom stereocenters. The fourth-order valence-corrected chi connectivity index (χ4v) is 3.36. The zero-order valence-electron chi connectivity index (χ0n) is 10.9. The number of hydrogen-bond donors (Lipinski definition) is 1. The number of fused-ring (bicyclic) bond motifs is 1. The number of nitrogens with zero attached hydrogens (tertiary/aromatic N) is 1. The summed E-state index contributed by atoms with van der Waals surface area (Å²) in [6.07, 6.45) is 0. The molecule has 0 unspecified atom stereocenters. The number of anilines is 1. The van der Waals surface area contributed by atoms with Gasteiger partial charge in [0.25, 0.3) is 5.91 Å². The van der Waals surface area contributed by atoms with Crippen LogP contribution in [0.4, 0.5) is 5.69 Å². The summed E-state index contributed by atoms with van der Waals surface area (Å²) in [5, 5.41) is 13.0. The molecule has 1 amide bonds. The van der Waals surface area contributed by atoms with Crippen LogP contribution < -0.4 is 4.90 Å². The van der Waals surface area contributed by atoms with Gasteiger partial charge in [0, 0.05) is 17.6 Å². The molecule has 1 N–H and O–H groups in total. The van der Waals surface area contributed by atoms with Crippen molar-refractivity contribution in [2.75, 3.05) is 11.4 Å². The van der Waals surface area contributed by atoms with Crippen LogP contribution in [0, 0.1) is 6.92 Å². The molecule has 4 nitrogen and oxygen atoms in total. The lowest BCUT2D eigenvalue weighted by Crippen LogP contribution is -2.31. The summed E-state index contributed by atoms with van der Waals surface area (Å²) in [6.45, 7) is 2.09. The number of aliphatic carboxylic acids is 1. The van der Waals surface area contributed by atoms with Crippen molar-refractivity contribution in [3.05, 3.63) is 51.7 Å². The van der Waals surface area contributed by atoms with Gasteiger partial charge < -0.3 is 10.0 Å². The summed E-state index contributed by atoms with van der Waals surface area (Å²) in [5.41, 5.74) is 2.99. The van der Waals surface area contributed by atoms with Crippen LogP contribution >= 0.6 is 11.3 Å². The van der Waals surface area contributed by atoms with Gasteiger partial charge in [-0.15, -0.1) is 0 Å². The fourth-order valence-electron chi connectivity index (χ4n) is 2.54. The van der Waals surface area contributed by atoms with Gasteiger partial charge in [0.05, 0.1) is 5.56 Å². The zero-order chi connectivity index (χ0) is 14.3. The summed E-state index contributed by atoms with van der Waals surface area (Å²) < 4.78 is 0. The van der Waals surface area contributed by atoms with E-state index < -0.39 is 11.9 Å². The largest absolute Gasteiger partial charge is 0.481 e. The number of carbonyl (C=O) groups is 2. The minimum atomic E-state index is -0.894. The smallest absolute Gasteiger partial charge is 0.312 e. The quantitative estimate of drug-likeness (QED) is 0.924. The molecule has 0 saturated carbocycles. The second-order valence-corrected chi connectivity index (χ2v) is 5.58. The molecule has 0 radical (unpaired) electrons. The zero-order valence-corrected chi connectivity index (χ0v) is 11.7. The summed E-state index contributed by atoms with van der Waals surface area (Å²) in [7, 11) is 0. The molecule has 0 fully saturated rings. The number of para-hydroxylation sites is 1. The molecule has 1 aromatic heterocycles. The molecule has 3 rings (SSSR count). The van der Waals surface area contributed by atoms with E-state index in [-0.39, 0.29) is 12.5 Å². The molecule has 1 aliphatic rings. The van der Waals surface area contributed by atoms with E-state index in [1.165, 1.54) is 11.3 Å². The van der Waals surface area contributed by atoms with Crippen LogP contribution in [0.3, 0.4) is 0 Å². The maximum absolute atomic E-state index is 12.6. The molecule has 0 bridgehead atoms. The van der Waals surface area contributed by atoms with Crippen molar-refractivity contribution >= 4 is 28.9 Å². The van der Waals surface area contributed by atoms with E-state index >= 15 is 0 Å². The number of benzene rings is 1. The highest BCUT2D eigenvalue weighted by Gasteiger charge is 2.36. The van der Waals surface area contributed by atoms with Crippen LogP contribution in [0.15, 0.2) is 35.0 Å². The number of thiophene rings is 1. The molecular weight excluding hydrogens is 274 g/mol. The van der Waals surface area contributed by atoms with Crippen molar-refractivity contribution in [2.45, 2.75) is 12.8 Å². The van der Waals surface area contributed by atoms with Gasteiger partial charge in [-0.1, -0.05) is 18.2 Å². The monoisotopic (exact) mass is 287 g/mol. The third-order valence-electron chi connectivity index (χ3n) is 3.60. The lowest BCUT2D eigenvalue weighted by atomic mass is 10.0. The van der Waals surface area contributed by atoms with Gasteiger partial charge in [0.15, 0.2) is 0 Å². The lowest BCUT2D eigenvalue weighted by molar-refractivity contribution is -0.138. The van der Waals surface area contributed by atoms with E-state index in [2.05, 4.69) is 0 Å². The molecule has 2 heterocycles. The Morgan fingerprint density at radius 2 is 2.05 bits per heavy atom. The highest BCUT2D eigenvalue weighted by molar-refractivity contribution is 7.08. The van der Waals surface area contributed by atoms with Gasteiger partial charge in [-0.05, 0) is 29.5 Å². The molecule has 0 spiro atoms. The van der Waals surface area contributed by atoms with Crippen LogP contribution in [0.1, 0.15) is 27.4 Å². The van der Waals surface area contributed by atoms with Crippen molar-refractivity contribution in [1.29, 1.82) is 0 Å². The van der Waals surface area contributed by atoms with E-state index in [0.717, 1.165) is 5.56 Å². The van der Waals surface area contributed by atoms with Crippen LogP contribution in [-0.2, 0) is 4.79 Å². The topological polar surface area (TPSA) is 57.6 Å². The van der Waals surface area contributed by atoms with Crippen LogP contribution in [0.25, 0.3) is 0 Å². The Morgan fingerprint density at radius 3 is 2.70 bits per heavy atom. The summed E-state index contributed by atoms with van der Waals surface area (Å²) >= 11 is 1.48. The summed E-state index contributed by atoms with van der Waals surface area (Å²) in [4.78, 5) is 25.5. The second-order valence-electron chi connectivity index (χ2n) is 4.83. The maximum atomic E-state index is 12.6. The molecule has 2 aromatic rings. The van der Waals surface area contributed by atoms with Gasteiger partial charge in [-0.25, -0.2) is 0 Å².